The van der Waals surface area contributed by atoms with Crippen molar-refractivity contribution in [3.63, 3.8) is 0 Å². The van der Waals surface area contributed by atoms with Crippen molar-refractivity contribution < 1.29 is 0 Å². The fourth-order valence-electron chi connectivity index (χ4n) is 0.972. The third kappa shape index (κ3) is 3.43. The standard InChI is InChI=1S/C6H10N2.C4H6N2/c1-3-6-7-4-5(2)8-6;1-6-3-2-5-4-6/h4H,3H2,1-2H3,(H,7,8);2-4H,1H3. The Hall–Kier alpha value is -1.58. The lowest BCUT2D eigenvalue weighted by Gasteiger charge is -1.82. The molecule has 14 heavy (non-hydrogen) atoms. The summed E-state index contributed by atoms with van der Waals surface area (Å²) in [5.41, 5.74) is 1.14. The second-order valence-corrected chi connectivity index (χ2v) is 3.09. The highest BCUT2D eigenvalue weighted by Gasteiger charge is 1.89. The Morgan fingerprint density at radius 1 is 1.50 bits per heavy atom. The van der Waals surface area contributed by atoms with E-state index < -0.39 is 0 Å². The summed E-state index contributed by atoms with van der Waals surface area (Å²) in [6.07, 6.45) is 8.23. The number of rotatable bonds is 1. The number of hydrogen-bond acceptors (Lipinski definition) is 2. The average Bonchev–Trinajstić information content (AvgIpc) is 2.77. The molecule has 0 aliphatic carbocycles. The topological polar surface area (TPSA) is 46.5 Å². The van der Waals surface area contributed by atoms with E-state index in [2.05, 4.69) is 21.9 Å². The fourth-order valence-corrected chi connectivity index (χ4v) is 0.972. The molecule has 0 bridgehead atoms. The van der Waals surface area contributed by atoms with Gasteiger partial charge >= 0.3 is 0 Å². The molecule has 4 heteroatoms. The zero-order chi connectivity index (χ0) is 10.4. The molecular formula is C10H16N4. The molecule has 2 aromatic heterocycles. The first-order valence-corrected chi connectivity index (χ1v) is 4.64. The Labute approximate surface area is 84.0 Å². The van der Waals surface area contributed by atoms with Gasteiger partial charge < -0.3 is 9.55 Å². The number of imidazole rings is 2. The summed E-state index contributed by atoms with van der Waals surface area (Å²) in [7, 11) is 1.94. The van der Waals surface area contributed by atoms with Crippen LogP contribution in [-0.4, -0.2) is 19.5 Å². The van der Waals surface area contributed by atoms with Gasteiger partial charge in [0.1, 0.15) is 5.82 Å². The molecule has 0 fully saturated rings. The third-order valence-electron chi connectivity index (χ3n) is 1.73. The Kier molecular flexibility index (Phi) is 3.91. The number of aromatic amines is 1. The van der Waals surface area contributed by atoms with Crippen LogP contribution >= 0.6 is 0 Å². The van der Waals surface area contributed by atoms with Gasteiger partial charge in [-0.15, -0.1) is 0 Å². The van der Waals surface area contributed by atoms with Crippen LogP contribution in [0.4, 0.5) is 0 Å². The smallest absolute Gasteiger partial charge is 0.105 e. The van der Waals surface area contributed by atoms with Crippen molar-refractivity contribution in [3.8, 4) is 0 Å². The van der Waals surface area contributed by atoms with Crippen molar-refractivity contribution in [1.82, 2.24) is 19.5 Å². The largest absolute Gasteiger partial charge is 0.346 e. The van der Waals surface area contributed by atoms with Gasteiger partial charge in [0.2, 0.25) is 0 Å². The van der Waals surface area contributed by atoms with E-state index in [4.69, 9.17) is 0 Å². The van der Waals surface area contributed by atoms with Crippen LogP contribution in [-0.2, 0) is 13.5 Å². The first kappa shape index (κ1) is 10.5. The van der Waals surface area contributed by atoms with Gasteiger partial charge in [0.15, 0.2) is 0 Å². The van der Waals surface area contributed by atoms with Gasteiger partial charge in [-0.2, -0.15) is 0 Å². The monoisotopic (exact) mass is 192 g/mol. The second kappa shape index (κ2) is 5.21. The van der Waals surface area contributed by atoms with Crippen molar-refractivity contribution in [3.05, 3.63) is 36.4 Å². The quantitative estimate of drug-likeness (QED) is 0.747. The molecule has 76 valence electrons. The maximum Gasteiger partial charge on any atom is 0.105 e. The molecule has 0 radical (unpaired) electrons. The van der Waals surface area contributed by atoms with Gasteiger partial charge in [-0.1, -0.05) is 6.92 Å². The summed E-state index contributed by atoms with van der Waals surface area (Å²) in [5, 5.41) is 0. The molecular weight excluding hydrogens is 176 g/mol. The van der Waals surface area contributed by atoms with E-state index in [1.807, 2.05) is 30.9 Å². The van der Waals surface area contributed by atoms with Gasteiger partial charge in [0.05, 0.1) is 6.33 Å². The van der Waals surface area contributed by atoms with E-state index in [9.17, 15) is 0 Å². The van der Waals surface area contributed by atoms with Gasteiger partial charge in [0.25, 0.3) is 0 Å². The van der Waals surface area contributed by atoms with Gasteiger partial charge in [-0.05, 0) is 6.92 Å². The molecule has 0 amide bonds. The third-order valence-corrected chi connectivity index (χ3v) is 1.73. The first-order valence-electron chi connectivity index (χ1n) is 4.64. The summed E-state index contributed by atoms with van der Waals surface area (Å²) >= 11 is 0. The van der Waals surface area contributed by atoms with E-state index in [0.717, 1.165) is 17.9 Å². The predicted octanol–water partition coefficient (Wildman–Crippen LogP) is 1.70. The van der Waals surface area contributed by atoms with Crippen LogP contribution in [0.15, 0.2) is 24.9 Å². The molecule has 0 aliphatic heterocycles. The molecule has 0 atom stereocenters. The lowest BCUT2D eigenvalue weighted by atomic mass is 10.5. The van der Waals surface area contributed by atoms with Crippen LogP contribution in [0, 0.1) is 6.92 Å². The minimum Gasteiger partial charge on any atom is -0.346 e. The Morgan fingerprint density at radius 3 is 2.50 bits per heavy atom. The average molecular weight is 192 g/mol. The SMILES string of the molecule is CCc1ncc(C)[nH]1.Cn1ccnc1. The molecule has 0 saturated heterocycles. The highest BCUT2D eigenvalue weighted by Crippen LogP contribution is 1.93. The van der Waals surface area contributed by atoms with Crippen molar-refractivity contribution in [1.29, 1.82) is 0 Å². The maximum absolute atomic E-state index is 4.08. The summed E-state index contributed by atoms with van der Waals surface area (Å²) in [4.78, 5) is 11.0. The Bertz CT molecular complexity index is 348. The summed E-state index contributed by atoms with van der Waals surface area (Å²) in [6.45, 7) is 4.09. The Morgan fingerprint density at radius 2 is 2.29 bits per heavy atom. The van der Waals surface area contributed by atoms with Crippen LogP contribution in [0.1, 0.15) is 18.4 Å². The molecule has 1 N–H and O–H groups in total. The highest BCUT2D eigenvalue weighted by molar-refractivity contribution is 4.97. The van der Waals surface area contributed by atoms with E-state index in [1.165, 1.54) is 0 Å². The van der Waals surface area contributed by atoms with Gasteiger partial charge in [-0.25, -0.2) is 9.97 Å². The summed E-state index contributed by atoms with van der Waals surface area (Å²) in [5.74, 6) is 1.07. The number of aromatic nitrogens is 4. The molecule has 2 aromatic rings. The van der Waals surface area contributed by atoms with Crippen LogP contribution in [0.3, 0.4) is 0 Å². The Balaban J connectivity index is 0.000000146. The van der Waals surface area contributed by atoms with Crippen LogP contribution in [0.25, 0.3) is 0 Å². The number of H-pyrrole nitrogens is 1. The second-order valence-electron chi connectivity index (χ2n) is 3.09. The van der Waals surface area contributed by atoms with E-state index >= 15 is 0 Å². The lowest BCUT2D eigenvalue weighted by Crippen LogP contribution is -1.80. The summed E-state index contributed by atoms with van der Waals surface area (Å²) in [6, 6.07) is 0. The molecule has 0 aromatic carbocycles. The number of nitrogens with one attached hydrogen (secondary N) is 1. The summed E-state index contributed by atoms with van der Waals surface area (Å²) < 4.78 is 1.89. The lowest BCUT2D eigenvalue weighted by molar-refractivity contribution is 0.913. The van der Waals surface area contributed by atoms with E-state index in [1.54, 1.807) is 12.5 Å². The normalized spacial score (nSPS) is 9.36. The highest BCUT2D eigenvalue weighted by atomic mass is 15.0. The van der Waals surface area contributed by atoms with Crippen molar-refractivity contribution in [2.45, 2.75) is 20.3 Å². The number of hydrogen-bond donors (Lipinski definition) is 1. The van der Waals surface area contributed by atoms with Crippen LogP contribution in [0.2, 0.25) is 0 Å². The van der Waals surface area contributed by atoms with Crippen LogP contribution in [0.5, 0.6) is 0 Å². The number of nitrogens with zero attached hydrogens (tertiary/aromatic N) is 3. The van der Waals surface area contributed by atoms with Gasteiger partial charge in [-0.3, -0.25) is 0 Å². The minimum absolute atomic E-state index is 0.994. The molecule has 0 spiro atoms. The molecule has 4 nitrogen and oxygen atoms in total. The fraction of sp³-hybridized carbons (Fsp3) is 0.400. The first-order chi connectivity index (χ1) is 6.72. The minimum atomic E-state index is 0.994. The van der Waals surface area contributed by atoms with E-state index in [0.29, 0.717) is 0 Å². The molecule has 0 aliphatic rings. The zero-order valence-electron chi connectivity index (χ0n) is 8.86. The van der Waals surface area contributed by atoms with Crippen LogP contribution < -0.4 is 0 Å². The van der Waals surface area contributed by atoms with Gasteiger partial charge in [0, 0.05) is 37.8 Å². The van der Waals surface area contributed by atoms with Crippen molar-refractivity contribution in [2.24, 2.45) is 7.05 Å². The zero-order valence-corrected chi connectivity index (χ0v) is 8.86. The number of aryl methyl sites for hydroxylation is 3. The molecule has 2 rings (SSSR count). The molecule has 0 unspecified atom stereocenters. The molecule has 0 saturated carbocycles. The van der Waals surface area contributed by atoms with Crippen molar-refractivity contribution >= 4 is 0 Å². The van der Waals surface area contributed by atoms with Crippen molar-refractivity contribution in [2.75, 3.05) is 0 Å². The molecule has 2 heterocycles. The van der Waals surface area contributed by atoms with E-state index in [-0.39, 0.29) is 0 Å². The maximum atomic E-state index is 4.08. The predicted molar refractivity (Wildman–Crippen MR) is 55.9 cm³/mol.